The van der Waals surface area contributed by atoms with Crippen LogP contribution in [-0.4, -0.2) is 26.8 Å². The van der Waals surface area contributed by atoms with Gasteiger partial charge in [-0.2, -0.15) is 0 Å². The van der Waals surface area contributed by atoms with Crippen molar-refractivity contribution in [3.05, 3.63) is 57.3 Å². The van der Waals surface area contributed by atoms with E-state index in [4.69, 9.17) is 32.7 Å². The molecule has 0 aliphatic carbocycles. The fraction of sp³-hybridized carbons (Fsp3) is 0.381. The molecule has 1 heterocycles. The van der Waals surface area contributed by atoms with Crippen LogP contribution in [0.1, 0.15) is 37.8 Å². The molecule has 0 fully saturated rings. The van der Waals surface area contributed by atoms with Gasteiger partial charge in [-0.15, -0.1) is 0 Å². The minimum Gasteiger partial charge on any atom is -0.490 e. The molecule has 2 aromatic carbocycles. The van der Waals surface area contributed by atoms with Crippen molar-refractivity contribution < 1.29 is 13.9 Å². The Morgan fingerprint density at radius 1 is 1.03 bits per heavy atom. The van der Waals surface area contributed by atoms with Crippen molar-refractivity contribution in [1.29, 1.82) is 0 Å². The highest BCUT2D eigenvalue weighted by Gasteiger charge is 2.14. The van der Waals surface area contributed by atoms with Crippen molar-refractivity contribution in [1.82, 2.24) is 20.2 Å². The smallest absolute Gasteiger partial charge is 0.243 e. The number of tetrazole rings is 1. The monoisotopic (exact) mass is 467 g/mol. The van der Waals surface area contributed by atoms with Crippen molar-refractivity contribution in [2.75, 3.05) is 11.9 Å². The van der Waals surface area contributed by atoms with Crippen molar-refractivity contribution in [3.8, 4) is 11.5 Å². The Labute approximate surface area is 190 Å². The van der Waals surface area contributed by atoms with Gasteiger partial charge in [-0.05, 0) is 47.5 Å². The molecule has 31 heavy (non-hydrogen) atoms. The van der Waals surface area contributed by atoms with E-state index in [1.165, 1.54) is 12.1 Å². The lowest BCUT2D eigenvalue weighted by atomic mass is 10.2. The van der Waals surface area contributed by atoms with Gasteiger partial charge in [-0.3, -0.25) is 0 Å². The number of hydrogen-bond acceptors (Lipinski definition) is 6. The van der Waals surface area contributed by atoms with Crippen LogP contribution >= 0.6 is 23.2 Å². The first-order valence-corrected chi connectivity index (χ1v) is 10.8. The van der Waals surface area contributed by atoms with Gasteiger partial charge < -0.3 is 14.8 Å². The second kappa shape index (κ2) is 11.2. The topological polar surface area (TPSA) is 74.1 Å². The van der Waals surface area contributed by atoms with Crippen LogP contribution in [0.15, 0.2) is 30.3 Å². The largest absolute Gasteiger partial charge is 0.490 e. The molecule has 0 unspecified atom stereocenters. The Balaban J connectivity index is 1.73. The minimum atomic E-state index is -0.399. The quantitative estimate of drug-likeness (QED) is 0.400. The second-order valence-electron chi connectivity index (χ2n) is 6.78. The summed E-state index contributed by atoms with van der Waals surface area (Å²) in [6, 6.07) is 7.69. The number of aromatic nitrogens is 4. The van der Waals surface area contributed by atoms with Gasteiger partial charge in [-0.25, -0.2) is 9.07 Å². The van der Waals surface area contributed by atoms with Gasteiger partial charge in [-0.1, -0.05) is 47.7 Å². The molecule has 0 atom stereocenters. The number of aryl methyl sites for hydroxylation is 1. The summed E-state index contributed by atoms with van der Waals surface area (Å²) in [5, 5.41) is 15.8. The Morgan fingerprint density at radius 2 is 1.81 bits per heavy atom. The first-order valence-electron chi connectivity index (χ1n) is 10.0. The van der Waals surface area contributed by atoms with Gasteiger partial charge in [0, 0.05) is 29.7 Å². The second-order valence-corrected chi connectivity index (χ2v) is 7.59. The summed E-state index contributed by atoms with van der Waals surface area (Å²) in [6.07, 6.45) is 2.03. The van der Waals surface area contributed by atoms with E-state index in [2.05, 4.69) is 27.8 Å². The molecule has 3 aromatic rings. The summed E-state index contributed by atoms with van der Waals surface area (Å²) in [5.74, 6) is 1.20. The SMILES string of the molecule is CCCCn1nnnc1NCc1cc(OCC)c(OCc2ccc(F)cc2Cl)cc1Cl. The van der Waals surface area contributed by atoms with E-state index in [0.29, 0.717) is 46.2 Å². The Hall–Kier alpha value is -2.58. The van der Waals surface area contributed by atoms with Gasteiger partial charge in [0.1, 0.15) is 12.4 Å². The normalized spacial score (nSPS) is 10.9. The number of nitrogens with zero attached hydrogens (tertiary/aromatic N) is 4. The molecule has 0 saturated heterocycles. The van der Waals surface area contributed by atoms with Gasteiger partial charge in [0.15, 0.2) is 11.5 Å². The number of ether oxygens (including phenoxy) is 2. The third-order valence-corrected chi connectivity index (χ3v) is 5.21. The molecule has 1 N–H and O–H groups in total. The van der Waals surface area contributed by atoms with E-state index in [1.54, 1.807) is 16.8 Å². The molecular weight excluding hydrogens is 444 g/mol. The number of unbranched alkanes of at least 4 members (excludes halogenated alkanes) is 1. The molecule has 0 saturated carbocycles. The van der Waals surface area contributed by atoms with Crippen LogP contribution in [0.3, 0.4) is 0 Å². The van der Waals surface area contributed by atoms with Crippen LogP contribution in [-0.2, 0) is 19.7 Å². The fourth-order valence-corrected chi connectivity index (χ4v) is 3.29. The third kappa shape index (κ3) is 6.21. The highest BCUT2D eigenvalue weighted by Crippen LogP contribution is 2.35. The lowest BCUT2D eigenvalue weighted by molar-refractivity contribution is 0.269. The molecule has 0 spiro atoms. The number of anilines is 1. The van der Waals surface area contributed by atoms with E-state index < -0.39 is 5.82 Å². The zero-order valence-corrected chi connectivity index (χ0v) is 18.9. The fourth-order valence-electron chi connectivity index (χ4n) is 2.85. The first-order chi connectivity index (χ1) is 15.0. The van der Waals surface area contributed by atoms with Crippen molar-refractivity contribution >= 4 is 29.2 Å². The summed E-state index contributed by atoms with van der Waals surface area (Å²) < 4.78 is 26.6. The number of benzene rings is 2. The molecule has 166 valence electrons. The minimum absolute atomic E-state index is 0.152. The zero-order chi connectivity index (χ0) is 22.2. The average molecular weight is 468 g/mol. The number of halogens is 3. The Morgan fingerprint density at radius 3 is 2.55 bits per heavy atom. The third-order valence-electron chi connectivity index (χ3n) is 4.50. The predicted octanol–water partition coefficient (Wildman–Crippen LogP) is 5.51. The number of rotatable bonds is 11. The van der Waals surface area contributed by atoms with Crippen LogP contribution in [0, 0.1) is 5.82 Å². The molecule has 0 aliphatic rings. The number of nitrogens with one attached hydrogen (secondary N) is 1. The lowest BCUT2D eigenvalue weighted by Gasteiger charge is -2.16. The highest BCUT2D eigenvalue weighted by atomic mass is 35.5. The van der Waals surface area contributed by atoms with Crippen LogP contribution < -0.4 is 14.8 Å². The van der Waals surface area contributed by atoms with Crippen LogP contribution in [0.5, 0.6) is 11.5 Å². The highest BCUT2D eigenvalue weighted by molar-refractivity contribution is 6.31. The van der Waals surface area contributed by atoms with Gasteiger partial charge in [0.2, 0.25) is 5.95 Å². The standard InChI is InChI=1S/C21H24Cl2FN5O2/c1-3-5-8-29-21(26-27-28-29)25-12-15-9-19(30-4-2)20(11-18(15)23)31-13-14-6-7-16(24)10-17(14)22/h6-7,9-11H,3-5,8,12-13H2,1-2H3,(H,25,26,28). The van der Waals surface area contributed by atoms with Crippen molar-refractivity contribution in [2.45, 2.75) is 46.4 Å². The Bertz CT molecular complexity index is 1020. The molecule has 0 bridgehead atoms. The summed E-state index contributed by atoms with van der Waals surface area (Å²) in [6.45, 7) is 5.75. The maximum absolute atomic E-state index is 13.3. The van der Waals surface area contributed by atoms with E-state index in [1.807, 2.05) is 13.0 Å². The summed E-state index contributed by atoms with van der Waals surface area (Å²) in [4.78, 5) is 0. The molecule has 3 rings (SSSR count). The van der Waals surface area contributed by atoms with Crippen LogP contribution in [0.2, 0.25) is 10.0 Å². The summed E-state index contributed by atoms with van der Waals surface area (Å²) in [7, 11) is 0. The molecule has 10 heteroatoms. The van der Waals surface area contributed by atoms with E-state index in [9.17, 15) is 4.39 Å². The molecule has 7 nitrogen and oxygen atoms in total. The Kier molecular flexibility index (Phi) is 8.31. The van der Waals surface area contributed by atoms with E-state index in [0.717, 1.165) is 24.9 Å². The maximum Gasteiger partial charge on any atom is 0.243 e. The predicted molar refractivity (Wildman–Crippen MR) is 118 cm³/mol. The molecule has 0 radical (unpaired) electrons. The maximum atomic E-state index is 13.3. The van der Waals surface area contributed by atoms with Gasteiger partial charge in [0.05, 0.1) is 11.6 Å². The molecule has 1 aromatic heterocycles. The zero-order valence-electron chi connectivity index (χ0n) is 17.4. The number of hydrogen-bond donors (Lipinski definition) is 1. The molecule has 0 aliphatic heterocycles. The van der Waals surface area contributed by atoms with Gasteiger partial charge >= 0.3 is 0 Å². The van der Waals surface area contributed by atoms with Crippen LogP contribution in [0.4, 0.5) is 10.3 Å². The van der Waals surface area contributed by atoms with Crippen molar-refractivity contribution in [2.24, 2.45) is 0 Å². The summed E-state index contributed by atoms with van der Waals surface area (Å²) in [5.41, 5.74) is 1.47. The summed E-state index contributed by atoms with van der Waals surface area (Å²) >= 11 is 12.6. The lowest BCUT2D eigenvalue weighted by Crippen LogP contribution is -2.10. The molecule has 0 amide bonds. The van der Waals surface area contributed by atoms with Crippen molar-refractivity contribution in [3.63, 3.8) is 0 Å². The van der Waals surface area contributed by atoms with Gasteiger partial charge in [0.25, 0.3) is 0 Å². The molecular formula is C21H24Cl2FN5O2. The average Bonchev–Trinajstić information content (AvgIpc) is 3.19. The van der Waals surface area contributed by atoms with Crippen LogP contribution in [0.25, 0.3) is 0 Å². The van der Waals surface area contributed by atoms with E-state index in [-0.39, 0.29) is 6.61 Å². The van der Waals surface area contributed by atoms with E-state index >= 15 is 0 Å². The first kappa shape index (κ1) is 23.1.